The Bertz CT molecular complexity index is 997. The van der Waals surface area contributed by atoms with E-state index in [2.05, 4.69) is 4.72 Å². The third-order valence-electron chi connectivity index (χ3n) is 4.32. The first-order valence-corrected chi connectivity index (χ1v) is 10.9. The number of rotatable bonds is 11. The molecule has 0 saturated carbocycles. The van der Waals surface area contributed by atoms with E-state index in [9.17, 15) is 13.6 Å². The second kappa shape index (κ2) is 10.9. The van der Waals surface area contributed by atoms with Crippen molar-refractivity contribution in [3.63, 3.8) is 0 Å². The minimum atomic E-state index is -3.67. The first-order chi connectivity index (χ1) is 14.6. The lowest BCUT2D eigenvalue weighted by atomic mass is 10.1. The summed E-state index contributed by atoms with van der Waals surface area (Å²) in [7, 11) is -3.67. The monoisotopic (exact) mass is 428 g/mol. The third kappa shape index (κ3) is 6.65. The van der Waals surface area contributed by atoms with Gasteiger partial charge in [-0.3, -0.25) is 0 Å². The van der Waals surface area contributed by atoms with Crippen molar-refractivity contribution in [1.29, 1.82) is 0 Å². The molecule has 30 heavy (non-hydrogen) atoms. The van der Waals surface area contributed by atoms with Gasteiger partial charge in [-0.1, -0.05) is 60.7 Å². The molecule has 0 aliphatic carbocycles. The highest BCUT2D eigenvalue weighted by Gasteiger charge is 2.15. The van der Waals surface area contributed by atoms with E-state index < -0.39 is 16.3 Å². The number of sulfonamides is 1. The van der Waals surface area contributed by atoms with Crippen LogP contribution in [0.25, 0.3) is 0 Å². The second-order valence-electron chi connectivity index (χ2n) is 6.51. The fraction of sp³-hybridized carbons (Fsp3) is 0.182. The number of hydroxylamine groups is 1. The van der Waals surface area contributed by atoms with Gasteiger partial charge in [-0.25, -0.2) is 8.42 Å². The van der Waals surface area contributed by atoms with Crippen molar-refractivity contribution in [3.05, 3.63) is 96.1 Å². The molecule has 0 radical (unpaired) electrons. The summed E-state index contributed by atoms with van der Waals surface area (Å²) in [5.41, 5.74) is 4.02. The summed E-state index contributed by atoms with van der Waals surface area (Å²) < 4.78 is 37.8. The summed E-state index contributed by atoms with van der Waals surface area (Å²) in [5, 5.41) is 9.32. The van der Waals surface area contributed by atoms with Gasteiger partial charge in [-0.15, -0.1) is 0 Å². The molecule has 0 aromatic heterocycles. The van der Waals surface area contributed by atoms with Gasteiger partial charge in [0.1, 0.15) is 25.3 Å². The standard InChI is InChI=1S/C22H24N2O5S/c25-24-22(29-17-23-30(26,27)21-9-5-2-6-10-21)15-18-11-13-20(14-12-18)28-16-19-7-3-1-4-8-19/h1-14,22-25H,15-17H2/t22-/m0/s1. The average Bonchev–Trinajstić information content (AvgIpc) is 2.79. The zero-order chi connectivity index (χ0) is 21.2. The van der Waals surface area contributed by atoms with Crippen molar-refractivity contribution in [2.45, 2.75) is 24.2 Å². The summed E-state index contributed by atoms with van der Waals surface area (Å²) >= 11 is 0. The van der Waals surface area contributed by atoms with Crippen LogP contribution in [0.2, 0.25) is 0 Å². The minimum absolute atomic E-state index is 0.146. The Morgan fingerprint density at radius 2 is 1.47 bits per heavy atom. The van der Waals surface area contributed by atoms with Crippen molar-refractivity contribution >= 4 is 10.0 Å². The van der Waals surface area contributed by atoms with Gasteiger partial charge in [0, 0.05) is 6.42 Å². The van der Waals surface area contributed by atoms with Crippen molar-refractivity contribution < 1.29 is 23.1 Å². The average molecular weight is 429 g/mol. The predicted octanol–water partition coefficient (Wildman–Crippen LogP) is 3.07. The van der Waals surface area contributed by atoms with Gasteiger partial charge in [0.15, 0.2) is 0 Å². The van der Waals surface area contributed by atoms with E-state index in [-0.39, 0.29) is 11.6 Å². The smallest absolute Gasteiger partial charge is 0.242 e. The molecule has 0 bridgehead atoms. The van der Waals surface area contributed by atoms with Crippen LogP contribution >= 0.6 is 0 Å². The lowest BCUT2D eigenvalue weighted by molar-refractivity contribution is -0.0526. The van der Waals surface area contributed by atoms with Crippen LogP contribution in [0.5, 0.6) is 5.75 Å². The van der Waals surface area contributed by atoms with Gasteiger partial charge in [0.25, 0.3) is 0 Å². The summed E-state index contributed by atoms with van der Waals surface area (Å²) in [6.07, 6.45) is -0.442. The van der Waals surface area contributed by atoms with Crippen molar-refractivity contribution in [3.8, 4) is 5.75 Å². The number of hydrogen-bond donors (Lipinski definition) is 3. The van der Waals surface area contributed by atoms with Crippen molar-refractivity contribution in [2.24, 2.45) is 0 Å². The second-order valence-corrected chi connectivity index (χ2v) is 8.28. The van der Waals surface area contributed by atoms with Gasteiger partial charge in [0.05, 0.1) is 4.90 Å². The van der Waals surface area contributed by atoms with E-state index in [1.54, 1.807) is 18.2 Å². The van der Waals surface area contributed by atoms with E-state index in [1.807, 2.05) is 60.1 Å². The van der Waals surface area contributed by atoms with Crippen LogP contribution in [0, 0.1) is 0 Å². The van der Waals surface area contributed by atoms with Crippen LogP contribution in [0.15, 0.2) is 89.8 Å². The Morgan fingerprint density at radius 1 is 0.833 bits per heavy atom. The van der Waals surface area contributed by atoms with Crippen molar-refractivity contribution in [2.75, 3.05) is 6.73 Å². The highest BCUT2D eigenvalue weighted by Crippen LogP contribution is 2.15. The number of benzene rings is 3. The topological polar surface area (TPSA) is 96.9 Å². The number of nitrogens with one attached hydrogen (secondary N) is 2. The van der Waals surface area contributed by atoms with Crippen LogP contribution in [0.1, 0.15) is 11.1 Å². The normalized spacial score (nSPS) is 12.4. The maximum Gasteiger partial charge on any atom is 0.242 e. The Kier molecular flexibility index (Phi) is 7.95. The Labute approximate surface area is 176 Å². The summed E-state index contributed by atoms with van der Waals surface area (Å²) in [4.78, 5) is 0.146. The quantitative estimate of drug-likeness (QED) is 0.321. The Balaban J connectivity index is 1.47. The lowest BCUT2D eigenvalue weighted by Gasteiger charge is -2.17. The Hall–Kier alpha value is -2.75. The van der Waals surface area contributed by atoms with Crippen LogP contribution in [0.3, 0.4) is 0 Å². The molecule has 0 aliphatic heterocycles. The minimum Gasteiger partial charge on any atom is -0.489 e. The van der Waals surface area contributed by atoms with Crippen LogP contribution < -0.4 is 14.9 Å². The molecule has 0 saturated heterocycles. The molecule has 0 aliphatic rings. The summed E-state index contributed by atoms with van der Waals surface area (Å²) in [5.74, 6) is 0.729. The molecule has 3 aromatic rings. The van der Waals surface area contributed by atoms with E-state index in [4.69, 9.17) is 9.47 Å². The summed E-state index contributed by atoms with van der Waals surface area (Å²) in [6.45, 7) is 0.194. The van der Waals surface area contributed by atoms with Gasteiger partial charge in [-0.05, 0) is 35.4 Å². The molecular formula is C22H24N2O5S. The largest absolute Gasteiger partial charge is 0.489 e. The molecule has 8 heteroatoms. The van der Waals surface area contributed by atoms with Gasteiger partial charge < -0.3 is 14.7 Å². The molecule has 0 heterocycles. The molecule has 3 N–H and O–H groups in total. The molecule has 0 spiro atoms. The predicted molar refractivity (Wildman–Crippen MR) is 112 cm³/mol. The van der Waals surface area contributed by atoms with Gasteiger partial charge in [-0.2, -0.15) is 10.2 Å². The molecule has 158 valence electrons. The van der Waals surface area contributed by atoms with Gasteiger partial charge >= 0.3 is 0 Å². The lowest BCUT2D eigenvalue weighted by Crippen LogP contribution is -2.36. The highest BCUT2D eigenvalue weighted by atomic mass is 32.2. The molecule has 0 amide bonds. The first kappa shape index (κ1) is 21.9. The maximum absolute atomic E-state index is 12.2. The molecule has 1 atom stereocenters. The molecular weight excluding hydrogens is 404 g/mol. The van der Waals surface area contributed by atoms with E-state index >= 15 is 0 Å². The SMILES string of the molecule is O=S(=O)(NCO[C@@H](Cc1ccc(OCc2ccccc2)cc1)NO)c1ccccc1. The molecule has 0 fully saturated rings. The van der Waals surface area contributed by atoms with Crippen LogP contribution in [0.4, 0.5) is 0 Å². The maximum atomic E-state index is 12.2. The van der Waals surface area contributed by atoms with Gasteiger partial charge in [0.2, 0.25) is 10.0 Å². The van der Waals surface area contributed by atoms with Crippen LogP contribution in [-0.2, 0) is 27.8 Å². The molecule has 3 aromatic carbocycles. The Morgan fingerprint density at radius 3 is 2.10 bits per heavy atom. The van der Waals surface area contributed by atoms with E-state index in [0.717, 1.165) is 16.9 Å². The number of hydrogen-bond acceptors (Lipinski definition) is 6. The zero-order valence-corrected chi connectivity index (χ0v) is 17.1. The first-order valence-electron chi connectivity index (χ1n) is 9.38. The van der Waals surface area contributed by atoms with E-state index in [1.165, 1.54) is 12.1 Å². The van der Waals surface area contributed by atoms with Crippen molar-refractivity contribution in [1.82, 2.24) is 10.2 Å². The zero-order valence-electron chi connectivity index (χ0n) is 16.3. The fourth-order valence-electron chi connectivity index (χ4n) is 2.71. The molecule has 0 unspecified atom stereocenters. The third-order valence-corrected chi connectivity index (χ3v) is 5.71. The molecule has 3 rings (SSSR count). The van der Waals surface area contributed by atoms with E-state index in [0.29, 0.717) is 13.0 Å². The number of ether oxygens (including phenoxy) is 2. The highest BCUT2D eigenvalue weighted by molar-refractivity contribution is 7.89. The summed E-state index contributed by atoms with van der Waals surface area (Å²) in [6, 6.07) is 25.3. The van der Waals surface area contributed by atoms with Crippen LogP contribution in [-0.4, -0.2) is 26.6 Å². The fourth-order valence-corrected chi connectivity index (χ4v) is 3.62. The molecule has 7 nitrogen and oxygen atoms in total.